The first kappa shape index (κ1) is 10.9. The fourth-order valence-electron chi connectivity index (χ4n) is 1.72. The van der Waals surface area contributed by atoms with E-state index in [1.165, 1.54) is 13.3 Å². The van der Waals surface area contributed by atoms with E-state index in [1.807, 2.05) is 0 Å². The number of hydrogen-bond acceptors (Lipinski definition) is 5. The summed E-state index contributed by atoms with van der Waals surface area (Å²) in [5.41, 5.74) is 0.749. The third kappa shape index (κ3) is 1.67. The first-order valence-electron chi connectivity index (χ1n) is 5.12. The average Bonchev–Trinajstić information content (AvgIpc) is 2.76. The summed E-state index contributed by atoms with van der Waals surface area (Å²) in [7, 11) is 0. The smallest absolute Gasteiger partial charge is 0.308 e. The van der Waals surface area contributed by atoms with Gasteiger partial charge in [0.25, 0.3) is 5.78 Å². The molecular weight excluding hydrogens is 256 g/mol. The highest BCUT2D eigenvalue weighted by molar-refractivity contribution is 6.34. The molecule has 0 bridgehead atoms. The van der Waals surface area contributed by atoms with Crippen LogP contribution in [-0.2, 0) is 4.79 Å². The van der Waals surface area contributed by atoms with Crippen LogP contribution in [0.5, 0.6) is 5.75 Å². The minimum Gasteiger partial charge on any atom is -0.427 e. The van der Waals surface area contributed by atoms with Crippen molar-refractivity contribution < 1.29 is 9.53 Å². The van der Waals surface area contributed by atoms with Crippen molar-refractivity contribution in [1.82, 2.24) is 19.6 Å². The van der Waals surface area contributed by atoms with E-state index in [1.54, 1.807) is 22.7 Å². The van der Waals surface area contributed by atoms with E-state index in [-0.39, 0.29) is 5.97 Å². The van der Waals surface area contributed by atoms with E-state index in [0.29, 0.717) is 22.1 Å². The molecule has 18 heavy (non-hydrogen) atoms. The zero-order valence-corrected chi connectivity index (χ0v) is 10.0. The fraction of sp³-hybridized carbons (Fsp3) is 0.0909. The van der Waals surface area contributed by atoms with Crippen LogP contribution in [0.2, 0.25) is 5.15 Å². The fourth-order valence-corrected chi connectivity index (χ4v) is 1.95. The Morgan fingerprint density at radius 2 is 2.28 bits per heavy atom. The Kier molecular flexibility index (Phi) is 2.38. The number of ether oxygens (including phenoxy) is 1. The van der Waals surface area contributed by atoms with Crippen LogP contribution in [0.1, 0.15) is 6.92 Å². The largest absolute Gasteiger partial charge is 0.427 e. The Hall–Kier alpha value is -2.21. The number of rotatable bonds is 1. The van der Waals surface area contributed by atoms with Gasteiger partial charge in [-0.15, -0.1) is 0 Å². The number of fused-ring (bicyclic) bond motifs is 3. The third-order valence-electron chi connectivity index (χ3n) is 2.41. The molecule has 0 amide bonds. The van der Waals surface area contributed by atoms with Crippen molar-refractivity contribution in [3.8, 4) is 5.75 Å². The summed E-state index contributed by atoms with van der Waals surface area (Å²) in [6.45, 7) is 1.34. The van der Waals surface area contributed by atoms with Gasteiger partial charge >= 0.3 is 5.97 Å². The molecule has 0 aliphatic heterocycles. The van der Waals surface area contributed by atoms with Crippen LogP contribution in [0, 0.1) is 0 Å². The van der Waals surface area contributed by atoms with Crippen molar-refractivity contribution in [2.24, 2.45) is 0 Å². The second-order valence-electron chi connectivity index (χ2n) is 3.65. The molecule has 7 heteroatoms. The van der Waals surface area contributed by atoms with Crippen molar-refractivity contribution in [1.29, 1.82) is 0 Å². The van der Waals surface area contributed by atoms with Crippen LogP contribution >= 0.6 is 11.6 Å². The second-order valence-corrected chi connectivity index (χ2v) is 4.01. The molecule has 0 radical (unpaired) electrons. The predicted molar refractivity (Wildman–Crippen MR) is 64.6 cm³/mol. The summed E-state index contributed by atoms with van der Waals surface area (Å²) in [5, 5.41) is 4.99. The van der Waals surface area contributed by atoms with Gasteiger partial charge in [0.05, 0.1) is 5.52 Å². The molecule has 0 unspecified atom stereocenters. The number of esters is 1. The Morgan fingerprint density at radius 3 is 3.06 bits per heavy atom. The highest BCUT2D eigenvalue weighted by atomic mass is 35.5. The van der Waals surface area contributed by atoms with E-state index in [2.05, 4.69) is 15.1 Å². The molecule has 0 saturated carbocycles. The van der Waals surface area contributed by atoms with Gasteiger partial charge in [0.1, 0.15) is 17.2 Å². The summed E-state index contributed by atoms with van der Waals surface area (Å²) >= 11 is 6.07. The minimum atomic E-state index is -0.389. The quantitative estimate of drug-likeness (QED) is 0.380. The van der Waals surface area contributed by atoms with Crippen molar-refractivity contribution in [3.63, 3.8) is 0 Å². The summed E-state index contributed by atoms with van der Waals surface area (Å²) in [4.78, 5) is 19.0. The van der Waals surface area contributed by atoms with Crippen molar-refractivity contribution in [3.05, 3.63) is 29.7 Å². The van der Waals surface area contributed by atoms with Crippen molar-refractivity contribution >= 4 is 34.3 Å². The molecule has 0 aliphatic rings. The molecule has 0 atom stereocenters. The lowest BCUT2D eigenvalue weighted by Gasteiger charge is -2.05. The Bertz CT molecular complexity index is 768. The number of carbonyl (C=O) groups excluding carboxylic acids is 1. The van der Waals surface area contributed by atoms with Crippen LogP contribution in [0.15, 0.2) is 24.5 Å². The lowest BCUT2D eigenvalue weighted by Crippen LogP contribution is -2.02. The van der Waals surface area contributed by atoms with Crippen LogP contribution in [0.4, 0.5) is 0 Å². The van der Waals surface area contributed by atoms with Gasteiger partial charge in [0, 0.05) is 12.3 Å². The van der Waals surface area contributed by atoms with Crippen LogP contribution in [0.25, 0.3) is 16.7 Å². The molecule has 0 aliphatic carbocycles. The molecule has 6 nitrogen and oxygen atoms in total. The number of carbonyl (C=O) groups is 1. The average molecular weight is 263 g/mol. The molecule has 0 fully saturated rings. The first-order chi connectivity index (χ1) is 8.65. The molecule has 0 spiro atoms. The molecule has 3 rings (SSSR count). The molecular formula is C11H7ClN4O2. The summed E-state index contributed by atoms with van der Waals surface area (Å²) in [6.07, 6.45) is 1.40. The number of hydrogen-bond donors (Lipinski definition) is 0. The number of benzene rings is 1. The summed E-state index contributed by atoms with van der Waals surface area (Å²) in [6, 6.07) is 5.07. The molecule has 0 N–H and O–H groups in total. The van der Waals surface area contributed by atoms with Gasteiger partial charge in [0.15, 0.2) is 0 Å². The minimum absolute atomic E-state index is 0.291. The Balaban J connectivity index is 2.30. The topological polar surface area (TPSA) is 69.4 Å². The normalized spacial score (nSPS) is 11.0. The zero-order chi connectivity index (χ0) is 12.7. The van der Waals surface area contributed by atoms with Gasteiger partial charge in [-0.3, -0.25) is 4.79 Å². The van der Waals surface area contributed by atoms with Gasteiger partial charge in [-0.2, -0.15) is 19.6 Å². The van der Waals surface area contributed by atoms with E-state index < -0.39 is 0 Å². The second kappa shape index (κ2) is 3.92. The van der Waals surface area contributed by atoms with E-state index in [9.17, 15) is 4.79 Å². The summed E-state index contributed by atoms with van der Waals surface area (Å²) < 4.78 is 6.57. The molecule has 0 saturated heterocycles. The monoisotopic (exact) mass is 262 g/mol. The predicted octanol–water partition coefficient (Wildman–Crippen LogP) is 1.86. The number of nitrogens with zero attached hydrogens (tertiary/aromatic N) is 4. The van der Waals surface area contributed by atoms with Gasteiger partial charge in [-0.25, -0.2) is 0 Å². The maximum Gasteiger partial charge on any atom is 0.308 e. The van der Waals surface area contributed by atoms with Crippen LogP contribution in [0.3, 0.4) is 0 Å². The maximum absolute atomic E-state index is 10.9. The summed E-state index contributed by atoms with van der Waals surface area (Å²) in [5.74, 6) is 0.450. The van der Waals surface area contributed by atoms with E-state index in [0.717, 1.165) is 5.52 Å². The lowest BCUT2D eigenvalue weighted by atomic mass is 10.2. The van der Waals surface area contributed by atoms with Crippen LogP contribution in [-0.4, -0.2) is 25.6 Å². The molecule has 90 valence electrons. The maximum atomic E-state index is 10.9. The highest BCUT2D eigenvalue weighted by Gasteiger charge is 2.10. The van der Waals surface area contributed by atoms with Gasteiger partial charge < -0.3 is 4.74 Å². The Morgan fingerprint density at radius 1 is 1.44 bits per heavy atom. The molecule has 3 aromatic rings. The third-order valence-corrected chi connectivity index (χ3v) is 2.70. The van der Waals surface area contributed by atoms with Crippen LogP contribution < -0.4 is 4.74 Å². The van der Waals surface area contributed by atoms with Gasteiger partial charge in [-0.05, 0) is 18.2 Å². The molecule has 1 aromatic carbocycles. The highest BCUT2D eigenvalue weighted by Crippen LogP contribution is 2.26. The molecule has 2 aromatic heterocycles. The first-order valence-corrected chi connectivity index (χ1v) is 5.50. The van der Waals surface area contributed by atoms with Crippen molar-refractivity contribution in [2.75, 3.05) is 0 Å². The van der Waals surface area contributed by atoms with E-state index >= 15 is 0 Å². The number of halogens is 1. The zero-order valence-electron chi connectivity index (χ0n) is 9.29. The van der Waals surface area contributed by atoms with E-state index in [4.69, 9.17) is 16.3 Å². The SMILES string of the molecule is CC(=O)Oc1ccc2c(c1)c(Cl)nc1ncnn12. The van der Waals surface area contributed by atoms with Gasteiger partial charge in [-0.1, -0.05) is 11.6 Å². The lowest BCUT2D eigenvalue weighted by molar-refractivity contribution is -0.131. The molecule has 2 heterocycles. The Labute approximate surface area is 106 Å². The standard InChI is InChI=1S/C11H7ClN4O2/c1-6(17)18-7-2-3-9-8(4-7)10(12)15-11-13-5-14-16(9)11/h2-5H,1H3. The van der Waals surface area contributed by atoms with Gasteiger partial charge in [0.2, 0.25) is 0 Å². The van der Waals surface area contributed by atoms with Crippen molar-refractivity contribution in [2.45, 2.75) is 6.92 Å². The number of aromatic nitrogens is 4.